The highest BCUT2D eigenvalue weighted by Crippen LogP contribution is 2.34. The van der Waals surface area contributed by atoms with Gasteiger partial charge in [-0.1, -0.05) is 23.7 Å². The molecule has 0 aliphatic rings. The van der Waals surface area contributed by atoms with Gasteiger partial charge in [-0.15, -0.1) is 11.3 Å². The van der Waals surface area contributed by atoms with E-state index in [1.165, 1.54) is 14.2 Å². The molecule has 0 spiro atoms. The Morgan fingerprint density at radius 1 is 1.12 bits per heavy atom. The fourth-order valence-corrected chi connectivity index (χ4v) is 3.42. The second-order valence-electron chi connectivity index (χ2n) is 5.01. The van der Waals surface area contributed by atoms with E-state index in [9.17, 15) is 14.4 Å². The van der Waals surface area contributed by atoms with Crippen LogP contribution < -0.4 is 10.1 Å². The van der Waals surface area contributed by atoms with Gasteiger partial charge in [-0.3, -0.25) is 4.79 Å². The SMILES string of the molecule is COC(=O)c1sc(NC(=O)COc2ccccc2Cl)c(C(=O)OC)c1C. The summed E-state index contributed by atoms with van der Waals surface area (Å²) in [5.74, 6) is -1.44. The highest BCUT2D eigenvalue weighted by Gasteiger charge is 2.26. The first-order valence-corrected chi connectivity index (χ1v) is 8.55. The van der Waals surface area contributed by atoms with Crippen LogP contribution in [0.5, 0.6) is 5.75 Å². The second-order valence-corrected chi connectivity index (χ2v) is 6.44. The number of nitrogens with one attached hydrogen (secondary N) is 1. The van der Waals surface area contributed by atoms with Crippen molar-refractivity contribution < 1.29 is 28.6 Å². The minimum atomic E-state index is -0.670. The van der Waals surface area contributed by atoms with Gasteiger partial charge in [0.15, 0.2) is 6.61 Å². The lowest BCUT2D eigenvalue weighted by Gasteiger charge is -2.08. The predicted molar refractivity (Wildman–Crippen MR) is 97.3 cm³/mol. The van der Waals surface area contributed by atoms with Crippen LogP contribution >= 0.6 is 22.9 Å². The van der Waals surface area contributed by atoms with Crippen LogP contribution in [0.1, 0.15) is 25.6 Å². The number of amides is 1. The summed E-state index contributed by atoms with van der Waals surface area (Å²) in [6.07, 6.45) is 0. The maximum Gasteiger partial charge on any atom is 0.348 e. The monoisotopic (exact) mass is 397 g/mol. The van der Waals surface area contributed by atoms with Crippen molar-refractivity contribution in [2.75, 3.05) is 26.1 Å². The molecule has 7 nitrogen and oxygen atoms in total. The average Bonchev–Trinajstić information content (AvgIpc) is 2.95. The van der Waals surface area contributed by atoms with Crippen LogP contribution in [-0.2, 0) is 14.3 Å². The van der Waals surface area contributed by atoms with Crippen molar-refractivity contribution in [3.63, 3.8) is 0 Å². The number of ether oxygens (including phenoxy) is 3. The molecule has 0 saturated carbocycles. The molecular weight excluding hydrogens is 382 g/mol. The van der Waals surface area contributed by atoms with Gasteiger partial charge in [0.05, 0.1) is 24.8 Å². The van der Waals surface area contributed by atoms with Crippen LogP contribution in [-0.4, -0.2) is 38.7 Å². The summed E-state index contributed by atoms with van der Waals surface area (Å²) in [6.45, 7) is 1.25. The highest BCUT2D eigenvalue weighted by atomic mass is 35.5. The lowest BCUT2D eigenvalue weighted by Crippen LogP contribution is -2.21. The number of thiophene rings is 1. The first-order chi connectivity index (χ1) is 12.4. The topological polar surface area (TPSA) is 90.9 Å². The largest absolute Gasteiger partial charge is 0.482 e. The molecule has 138 valence electrons. The second kappa shape index (κ2) is 8.68. The summed E-state index contributed by atoms with van der Waals surface area (Å²) in [5.41, 5.74) is 0.472. The van der Waals surface area contributed by atoms with E-state index in [4.69, 9.17) is 21.1 Å². The Kier molecular flexibility index (Phi) is 6.59. The van der Waals surface area contributed by atoms with Crippen LogP contribution in [0.15, 0.2) is 24.3 Å². The normalized spacial score (nSPS) is 10.2. The molecule has 0 atom stereocenters. The first kappa shape index (κ1) is 19.7. The van der Waals surface area contributed by atoms with E-state index >= 15 is 0 Å². The van der Waals surface area contributed by atoms with Crippen molar-refractivity contribution in [2.45, 2.75) is 6.92 Å². The minimum Gasteiger partial charge on any atom is -0.482 e. The first-order valence-electron chi connectivity index (χ1n) is 7.36. The molecule has 9 heteroatoms. The quantitative estimate of drug-likeness (QED) is 0.752. The van der Waals surface area contributed by atoms with Gasteiger partial charge in [0.2, 0.25) is 0 Å². The molecule has 1 amide bonds. The number of hydrogen-bond donors (Lipinski definition) is 1. The molecular formula is C17H16ClNO6S. The summed E-state index contributed by atoms with van der Waals surface area (Å²) in [5, 5.41) is 3.11. The number of rotatable bonds is 6. The molecule has 1 heterocycles. The molecule has 1 aromatic carbocycles. The molecule has 1 N–H and O–H groups in total. The van der Waals surface area contributed by atoms with Gasteiger partial charge in [-0.2, -0.15) is 0 Å². The molecule has 0 aliphatic heterocycles. The molecule has 2 aromatic rings. The lowest BCUT2D eigenvalue weighted by molar-refractivity contribution is -0.118. The van der Waals surface area contributed by atoms with Crippen molar-refractivity contribution in [1.29, 1.82) is 0 Å². The van der Waals surface area contributed by atoms with E-state index in [0.717, 1.165) is 11.3 Å². The summed E-state index contributed by atoms with van der Waals surface area (Å²) in [4.78, 5) is 36.2. The zero-order valence-electron chi connectivity index (χ0n) is 14.3. The Morgan fingerprint density at radius 3 is 2.38 bits per heavy atom. The van der Waals surface area contributed by atoms with Gasteiger partial charge < -0.3 is 19.5 Å². The third-order valence-electron chi connectivity index (χ3n) is 3.36. The van der Waals surface area contributed by atoms with Crippen molar-refractivity contribution in [1.82, 2.24) is 0 Å². The zero-order valence-corrected chi connectivity index (χ0v) is 15.8. The number of anilines is 1. The molecule has 0 unspecified atom stereocenters. The summed E-state index contributed by atoms with van der Waals surface area (Å²) < 4.78 is 14.8. The fraction of sp³-hybridized carbons (Fsp3) is 0.235. The Morgan fingerprint density at radius 2 is 1.77 bits per heavy atom. The highest BCUT2D eigenvalue weighted by molar-refractivity contribution is 7.18. The number of esters is 2. The summed E-state index contributed by atoms with van der Waals surface area (Å²) >= 11 is 6.89. The van der Waals surface area contributed by atoms with E-state index in [2.05, 4.69) is 10.1 Å². The van der Waals surface area contributed by atoms with Crippen molar-refractivity contribution >= 4 is 45.8 Å². The number of hydrogen-bond acceptors (Lipinski definition) is 7. The van der Waals surface area contributed by atoms with Gasteiger partial charge in [0, 0.05) is 0 Å². The van der Waals surface area contributed by atoms with E-state index in [1.807, 2.05) is 0 Å². The number of methoxy groups -OCH3 is 2. The van der Waals surface area contributed by atoms with Gasteiger partial charge in [0.25, 0.3) is 5.91 Å². The van der Waals surface area contributed by atoms with E-state index in [-0.39, 0.29) is 22.0 Å². The van der Waals surface area contributed by atoms with Crippen LogP contribution in [0.2, 0.25) is 5.02 Å². The van der Waals surface area contributed by atoms with Gasteiger partial charge in [0.1, 0.15) is 15.6 Å². The Hall–Kier alpha value is -2.58. The van der Waals surface area contributed by atoms with Crippen molar-refractivity contribution in [3.8, 4) is 5.75 Å². The molecule has 0 fully saturated rings. The van der Waals surface area contributed by atoms with Gasteiger partial charge in [-0.25, -0.2) is 9.59 Å². The lowest BCUT2D eigenvalue weighted by atomic mass is 10.1. The molecule has 0 bridgehead atoms. The molecule has 0 aliphatic carbocycles. The summed E-state index contributed by atoms with van der Waals surface area (Å²) in [7, 11) is 2.44. The van der Waals surface area contributed by atoms with Gasteiger partial charge in [-0.05, 0) is 24.6 Å². The van der Waals surface area contributed by atoms with Crippen molar-refractivity contribution in [3.05, 3.63) is 45.3 Å². The maximum atomic E-state index is 12.2. The standard InChI is InChI=1S/C17H16ClNO6S/c1-9-13(16(21)23-2)15(26-14(9)17(22)24-3)19-12(20)8-25-11-7-5-4-6-10(11)18/h4-7H,8H2,1-3H3,(H,19,20). The number of carbonyl (C=O) groups excluding carboxylic acids is 3. The number of halogens is 1. The molecule has 2 rings (SSSR count). The van der Waals surface area contributed by atoms with Crippen LogP contribution in [0, 0.1) is 6.92 Å². The van der Waals surface area contributed by atoms with Crippen LogP contribution in [0.25, 0.3) is 0 Å². The Bertz CT molecular complexity index is 848. The van der Waals surface area contributed by atoms with Crippen molar-refractivity contribution in [2.24, 2.45) is 0 Å². The third kappa shape index (κ3) is 4.33. The van der Waals surface area contributed by atoms with Gasteiger partial charge >= 0.3 is 11.9 Å². The predicted octanol–water partition coefficient (Wildman–Crippen LogP) is 3.30. The molecule has 0 radical (unpaired) electrons. The number of carbonyl (C=O) groups is 3. The van der Waals surface area contributed by atoms with E-state index in [1.54, 1.807) is 31.2 Å². The van der Waals surface area contributed by atoms with E-state index < -0.39 is 17.8 Å². The Labute approximate surface area is 158 Å². The molecule has 26 heavy (non-hydrogen) atoms. The van der Waals surface area contributed by atoms with Crippen LogP contribution in [0.4, 0.5) is 5.00 Å². The fourth-order valence-electron chi connectivity index (χ4n) is 2.10. The molecule has 1 aromatic heterocycles. The Balaban J connectivity index is 2.19. The maximum absolute atomic E-state index is 12.2. The number of para-hydroxylation sites is 1. The number of benzene rings is 1. The smallest absolute Gasteiger partial charge is 0.348 e. The minimum absolute atomic E-state index is 0.101. The van der Waals surface area contributed by atoms with E-state index in [0.29, 0.717) is 16.3 Å². The summed E-state index contributed by atoms with van der Waals surface area (Å²) in [6, 6.07) is 6.72. The molecule has 0 saturated heterocycles. The van der Waals surface area contributed by atoms with Crippen LogP contribution in [0.3, 0.4) is 0 Å². The third-order valence-corrected chi connectivity index (χ3v) is 4.85. The zero-order chi connectivity index (χ0) is 19.3. The average molecular weight is 398 g/mol.